The van der Waals surface area contributed by atoms with E-state index < -0.39 is 0 Å². The summed E-state index contributed by atoms with van der Waals surface area (Å²) in [7, 11) is 0. The molecule has 4 nitrogen and oxygen atoms in total. The van der Waals surface area contributed by atoms with Gasteiger partial charge in [0.1, 0.15) is 12.6 Å². The van der Waals surface area contributed by atoms with Crippen LogP contribution in [0.4, 0.5) is 5.69 Å². The SMILES string of the molecule is CCOC(=O)CN(CC)c1cccc(SCC)c1C#N. The molecule has 0 aliphatic heterocycles. The Morgan fingerprint density at radius 1 is 1.40 bits per heavy atom. The first-order valence-electron chi connectivity index (χ1n) is 6.74. The Balaban J connectivity index is 3.06. The molecule has 0 unspecified atom stereocenters. The van der Waals surface area contributed by atoms with Crippen molar-refractivity contribution in [2.45, 2.75) is 25.7 Å². The van der Waals surface area contributed by atoms with E-state index in [1.807, 2.05) is 30.0 Å². The van der Waals surface area contributed by atoms with E-state index in [2.05, 4.69) is 13.0 Å². The van der Waals surface area contributed by atoms with Crippen LogP contribution in [-0.2, 0) is 9.53 Å². The first-order valence-corrected chi connectivity index (χ1v) is 7.72. The lowest BCUT2D eigenvalue weighted by atomic mass is 10.1. The molecule has 0 radical (unpaired) electrons. The fraction of sp³-hybridized carbons (Fsp3) is 0.467. The van der Waals surface area contributed by atoms with Crippen LogP contribution in [-0.4, -0.2) is 31.4 Å². The Hall–Kier alpha value is -1.67. The number of esters is 1. The summed E-state index contributed by atoms with van der Waals surface area (Å²) in [5.41, 5.74) is 1.42. The van der Waals surface area contributed by atoms with Crippen molar-refractivity contribution in [2.24, 2.45) is 0 Å². The number of likely N-dealkylation sites (N-methyl/N-ethyl adjacent to an activating group) is 1. The van der Waals surface area contributed by atoms with Crippen molar-refractivity contribution in [2.75, 3.05) is 30.3 Å². The summed E-state index contributed by atoms with van der Waals surface area (Å²) in [5.74, 6) is 0.633. The lowest BCUT2D eigenvalue weighted by Crippen LogP contribution is -2.31. The molecule has 0 N–H and O–H groups in total. The second-order valence-electron chi connectivity index (χ2n) is 4.01. The van der Waals surface area contributed by atoms with Gasteiger partial charge in [-0.25, -0.2) is 0 Å². The number of carbonyl (C=O) groups excluding carboxylic acids is 1. The van der Waals surface area contributed by atoms with E-state index in [0.29, 0.717) is 18.7 Å². The summed E-state index contributed by atoms with van der Waals surface area (Å²) in [5, 5.41) is 9.40. The first kappa shape index (κ1) is 16.4. The van der Waals surface area contributed by atoms with E-state index in [1.165, 1.54) is 0 Å². The molecule has 5 heteroatoms. The van der Waals surface area contributed by atoms with Crippen LogP contribution < -0.4 is 4.90 Å². The van der Waals surface area contributed by atoms with Crippen LogP contribution in [0.5, 0.6) is 0 Å². The summed E-state index contributed by atoms with van der Waals surface area (Å²) in [6.45, 7) is 6.97. The van der Waals surface area contributed by atoms with Crippen LogP contribution in [0.25, 0.3) is 0 Å². The molecule has 0 fully saturated rings. The molecule has 108 valence electrons. The number of hydrogen-bond acceptors (Lipinski definition) is 5. The molecule has 0 bridgehead atoms. The lowest BCUT2D eigenvalue weighted by Gasteiger charge is -2.23. The summed E-state index contributed by atoms with van der Waals surface area (Å²) < 4.78 is 4.98. The highest BCUT2D eigenvalue weighted by Crippen LogP contribution is 2.30. The molecule has 0 aromatic heterocycles. The van der Waals surface area contributed by atoms with Crippen molar-refractivity contribution in [3.8, 4) is 6.07 Å². The molecular weight excluding hydrogens is 272 g/mol. The molecule has 0 saturated heterocycles. The number of rotatable bonds is 7. The van der Waals surface area contributed by atoms with Gasteiger partial charge < -0.3 is 9.64 Å². The average Bonchev–Trinajstić information content (AvgIpc) is 2.45. The van der Waals surface area contributed by atoms with Crippen LogP contribution in [0.2, 0.25) is 0 Å². The highest BCUT2D eigenvalue weighted by molar-refractivity contribution is 7.99. The Kier molecular flexibility index (Phi) is 6.96. The Morgan fingerprint density at radius 2 is 2.15 bits per heavy atom. The number of thioether (sulfide) groups is 1. The topological polar surface area (TPSA) is 53.3 Å². The predicted molar refractivity (Wildman–Crippen MR) is 82.1 cm³/mol. The standard InChI is InChI=1S/C15H20N2O2S/c1-4-17(11-15(18)19-5-2)13-8-7-9-14(20-6-3)12(13)10-16/h7-9H,4-6,11H2,1-3H3. The van der Waals surface area contributed by atoms with Crippen molar-refractivity contribution in [1.29, 1.82) is 5.26 Å². The maximum atomic E-state index is 11.6. The van der Waals surface area contributed by atoms with Gasteiger partial charge in [-0.05, 0) is 31.7 Å². The number of ether oxygens (including phenoxy) is 1. The Labute approximate surface area is 124 Å². The van der Waals surface area contributed by atoms with Gasteiger partial charge in [-0.2, -0.15) is 5.26 Å². The van der Waals surface area contributed by atoms with Crippen LogP contribution in [0, 0.1) is 11.3 Å². The summed E-state index contributed by atoms with van der Waals surface area (Å²) in [6.07, 6.45) is 0. The van der Waals surface area contributed by atoms with Crippen molar-refractivity contribution >= 4 is 23.4 Å². The third-order valence-electron chi connectivity index (χ3n) is 2.76. The lowest BCUT2D eigenvalue weighted by molar-refractivity contribution is -0.141. The summed E-state index contributed by atoms with van der Waals surface area (Å²) >= 11 is 1.63. The molecule has 0 spiro atoms. The van der Waals surface area contributed by atoms with Gasteiger partial charge in [0, 0.05) is 11.4 Å². The van der Waals surface area contributed by atoms with Gasteiger partial charge in [0.2, 0.25) is 0 Å². The van der Waals surface area contributed by atoms with Gasteiger partial charge in [0.25, 0.3) is 0 Å². The van der Waals surface area contributed by atoms with E-state index in [4.69, 9.17) is 4.74 Å². The number of benzene rings is 1. The molecule has 1 aromatic rings. The third-order valence-corrected chi connectivity index (χ3v) is 3.70. The molecule has 0 heterocycles. The minimum absolute atomic E-state index is 0.166. The van der Waals surface area contributed by atoms with Crippen LogP contribution in [0.3, 0.4) is 0 Å². The number of carbonyl (C=O) groups is 1. The fourth-order valence-electron chi connectivity index (χ4n) is 1.90. The zero-order valence-corrected chi connectivity index (χ0v) is 13.0. The van der Waals surface area contributed by atoms with Gasteiger partial charge in [-0.15, -0.1) is 11.8 Å². The molecule has 20 heavy (non-hydrogen) atoms. The first-order chi connectivity index (χ1) is 9.67. The third kappa shape index (κ3) is 4.17. The summed E-state index contributed by atoms with van der Waals surface area (Å²) in [6, 6.07) is 7.99. The fourth-order valence-corrected chi connectivity index (χ4v) is 2.68. The Morgan fingerprint density at radius 3 is 2.70 bits per heavy atom. The van der Waals surface area contributed by atoms with Gasteiger partial charge in [-0.1, -0.05) is 13.0 Å². The van der Waals surface area contributed by atoms with Crippen molar-refractivity contribution in [1.82, 2.24) is 0 Å². The van der Waals surface area contributed by atoms with Gasteiger partial charge in [-0.3, -0.25) is 4.79 Å². The summed E-state index contributed by atoms with van der Waals surface area (Å²) in [4.78, 5) is 14.5. The molecule has 1 aromatic carbocycles. The molecule has 0 amide bonds. The number of anilines is 1. The smallest absolute Gasteiger partial charge is 0.325 e. The van der Waals surface area contributed by atoms with Crippen LogP contribution in [0.1, 0.15) is 26.3 Å². The highest BCUT2D eigenvalue weighted by atomic mass is 32.2. The molecule has 0 saturated carbocycles. The average molecular weight is 292 g/mol. The quantitative estimate of drug-likeness (QED) is 0.571. The molecule has 0 atom stereocenters. The zero-order chi connectivity index (χ0) is 15.0. The highest BCUT2D eigenvalue weighted by Gasteiger charge is 2.16. The maximum absolute atomic E-state index is 11.6. The van der Waals surface area contributed by atoms with E-state index in [9.17, 15) is 10.1 Å². The van der Waals surface area contributed by atoms with E-state index in [-0.39, 0.29) is 12.5 Å². The molecular formula is C15H20N2O2S. The minimum atomic E-state index is -0.271. The van der Waals surface area contributed by atoms with Gasteiger partial charge in [0.05, 0.1) is 17.9 Å². The number of nitriles is 1. The van der Waals surface area contributed by atoms with Gasteiger partial charge in [0.15, 0.2) is 0 Å². The second-order valence-corrected chi connectivity index (χ2v) is 5.32. The second kappa shape index (κ2) is 8.49. The van der Waals surface area contributed by atoms with E-state index in [1.54, 1.807) is 18.7 Å². The minimum Gasteiger partial charge on any atom is -0.465 e. The van der Waals surface area contributed by atoms with E-state index >= 15 is 0 Å². The monoisotopic (exact) mass is 292 g/mol. The molecule has 0 aliphatic carbocycles. The number of nitrogens with zero attached hydrogens (tertiary/aromatic N) is 2. The predicted octanol–water partition coefficient (Wildman–Crippen LogP) is 3.06. The van der Waals surface area contributed by atoms with Crippen molar-refractivity contribution < 1.29 is 9.53 Å². The van der Waals surface area contributed by atoms with Gasteiger partial charge >= 0.3 is 5.97 Å². The maximum Gasteiger partial charge on any atom is 0.325 e. The van der Waals surface area contributed by atoms with Crippen molar-refractivity contribution in [3.63, 3.8) is 0 Å². The molecule has 0 aliphatic rings. The van der Waals surface area contributed by atoms with Crippen LogP contribution in [0.15, 0.2) is 23.1 Å². The largest absolute Gasteiger partial charge is 0.465 e. The van der Waals surface area contributed by atoms with Crippen LogP contribution >= 0.6 is 11.8 Å². The normalized spacial score (nSPS) is 9.90. The Bertz CT molecular complexity index is 497. The molecule has 1 rings (SSSR count). The zero-order valence-electron chi connectivity index (χ0n) is 12.2. The number of hydrogen-bond donors (Lipinski definition) is 0. The van der Waals surface area contributed by atoms with Crippen molar-refractivity contribution in [3.05, 3.63) is 23.8 Å². The van der Waals surface area contributed by atoms with E-state index in [0.717, 1.165) is 16.3 Å².